The highest BCUT2D eigenvalue weighted by molar-refractivity contribution is 6.32. The molecule has 6 rings (SSSR count). The van der Waals surface area contributed by atoms with E-state index in [-0.39, 0.29) is 17.4 Å². The van der Waals surface area contributed by atoms with E-state index < -0.39 is 6.10 Å². The summed E-state index contributed by atoms with van der Waals surface area (Å²) in [4.78, 5) is 19.8. The van der Waals surface area contributed by atoms with E-state index in [2.05, 4.69) is 28.2 Å². The van der Waals surface area contributed by atoms with E-state index in [4.69, 9.17) is 21.1 Å². The lowest BCUT2D eigenvalue weighted by atomic mass is 9.85. The largest absolute Gasteiger partial charge is 0.389 e. The van der Waals surface area contributed by atoms with Crippen molar-refractivity contribution in [1.82, 2.24) is 9.88 Å². The number of likely N-dealkylation sites (tertiary alicyclic amines) is 1. The molecule has 0 radical (unpaired) electrons. The van der Waals surface area contributed by atoms with E-state index in [0.29, 0.717) is 36.8 Å². The molecule has 0 bridgehead atoms. The Morgan fingerprint density at radius 3 is 2.64 bits per heavy atom. The molecule has 1 aromatic carbocycles. The number of halogens is 1. The topological polar surface area (TPSA) is 83.9 Å². The van der Waals surface area contributed by atoms with Gasteiger partial charge in [0.15, 0.2) is 0 Å². The van der Waals surface area contributed by atoms with Crippen LogP contribution >= 0.6 is 11.6 Å². The Bertz CT molecular complexity index is 1130. The van der Waals surface area contributed by atoms with Gasteiger partial charge in [-0.05, 0) is 99.0 Å². The number of fused-ring (bicyclic) bond motifs is 1. The lowest BCUT2D eigenvalue weighted by Crippen LogP contribution is -2.56. The highest BCUT2D eigenvalue weighted by Crippen LogP contribution is 2.48. The summed E-state index contributed by atoms with van der Waals surface area (Å²) in [6.45, 7) is 6.55. The van der Waals surface area contributed by atoms with Crippen molar-refractivity contribution >= 4 is 34.1 Å². The maximum atomic E-state index is 12.9. The number of piperidine rings is 1. The number of aliphatic hydroxyl groups excluding tert-OH is 1. The molecule has 1 amide bonds. The predicted octanol–water partition coefficient (Wildman–Crippen LogP) is 4.22. The number of hydrogen-bond donors (Lipinski definition) is 2. The van der Waals surface area contributed by atoms with Crippen molar-refractivity contribution < 1.29 is 19.4 Å². The molecule has 2 N–H and O–H groups in total. The number of rotatable bonds is 5. The molecule has 7 nitrogen and oxygen atoms in total. The van der Waals surface area contributed by atoms with Gasteiger partial charge in [0.2, 0.25) is 5.91 Å². The minimum atomic E-state index is -0.443. The lowest BCUT2D eigenvalue weighted by molar-refractivity contribution is -0.117. The number of carbonyl (C=O) groups is 1. The zero-order chi connectivity index (χ0) is 24.9. The summed E-state index contributed by atoms with van der Waals surface area (Å²) < 4.78 is 11.0. The smallest absolute Gasteiger partial charge is 0.228 e. The van der Waals surface area contributed by atoms with Crippen molar-refractivity contribution in [2.75, 3.05) is 44.8 Å². The number of ether oxygens (including phenoxy) is 2. The Kier molecular flexibility index (Phi) is 6.71. The number of hydrogen-bond acceptors (Lipinski definition) is 6. The number of pyridine rings is 1. The highest BCUT2D eigenvalue weighted by atomic mass is 35.5. The molecule has 0 unspecified atom stereocenters. The first-order valence-corrected chi connectivity index (χ1v) is 13.8. The zero-order valence-electron chi connectivity index (χ0n) is 20.9. The van der Waals surface area contributed by atoms with Gasteiger partial charge in [-0.2, -0.15) is 0 Å². The molecular weight excluding hydrogens is 478 g/mol. The van der Waals surface area contributed by atoms with E-state index in [1.54, 1.807) is 6.20 Å². The van der Waals surface area contributed by atoms with Gasteiger partial charge in [0.05, 0.1) is 24.9 Å². The molecule has 1 aliphatic carbocycles. The van der Waals surface area contributed by atoms with Gasteiger partial charge >= 0.3 is 0 Å². The van der Waals surface area contributed by atoms with Crippen LogP contribution in [0.15, 0.2) is 24.4 Å². The first-order chi connectivity index (χ1) is 17.4. The van der Waals surface area contributed by atoms with Gasteiger partial charge in [-0.25, -0.2) is 4.98 Å². The van der Waals surface area contributed by atoms with Crippen LogP contribution < -0.4 is 5.32 Å². The number of carbonyl (C=O) groups excluding carboxylic acids is 1. The molecule has 4 aliphatic rings. The Morgan fingerprint density at radius 2 is 1.92 bits per heavy atom. The summed E-state index contributed by atoms with van der Waals surface area (Å²) >= 11 is 6.73. The SMILES string of the molecule is C[C@]1(N2CCC(c3cc4cc(NC(=O)[C@@H]5C[C@@H]5C5CCOCC5)ncc4cc3Cl)CC2)COC[C@H]1O. The van der Waals surface area contributed by atoms with Crippen LogP contribution in [0.25, 0.3) is 10.8 Å². The van der Waals surface area contributed by atoms with Crippen molar-refractivity contribution in [2.24, 2.45) is 17.8 Å². The summed E-state index contributed by atoms with van der Waals surface area (Å²) in [7, 11) is 0. The standard InChI is InChI=1S/C28H36ClN3O4/c1-28(16-36-15-25(28)33)32-6-2-17(3-7-32)22-10-19-12-26(30-14-20(19)11-24(22)29)31-27(34)23-13-21(23)18-4-8-35-9-5-18/h10-12,14,17-18,21,23,25,33H,2-9,13,15-16H2,1H3,(H,30,31,34)/t21-,23-,25-,28+/m1/s1. The molecule has 1 saturated carbocycles. The van der Waals surface area contributed by atoms with Crippen LogP contribution in [0.3, 0.4) is 0 Å². The van der Waals surface area contributed by atoms with E-state index in [1.807, 2.05) is 12.1 Å². The van der Waals surface area contributed by atoms with E-state index >= 15 is 0 Å². The first kappa shape index (κ1) is 24.6. The molecule has 0 spiro atoms. The Hall–Kier alpha value is -1.77. The van der Waals surface area contributed by atoms with E-state index in [9.17, 15) is 9.90 Å². The normalized spacial score (nSPS) is 32.1. The van der Waals surface area contributed by atoms with Crippen LogP contribution in [-0.2, 0) is 14.3 Å². The van der Waals surface area contributed by atoms with Crippen LogP contribution in [0.5, 0.6) is 0 Å². The summed E-state index contributed by atoms with van der Waals surface area (Å²) in [6, 6.07) is 6.14. The third kappa shape index (κ3) is 4.65. The van der Waals surface area contributed by atoms with Crippen molar-refractivity contribution in [3.05, 3.63) is 35.0 Å². The average molecular weight is 514 g/mol. The first-order valence-electron chi connectivity index (χ1n) is 13.4. The number of benzene rings is 1. The van der Waals surface area contributed by atoms with Gasteiger partial charge in [-0.1, -0.05) is 11.6 Å². The van der Waals surface area contributed by atoms with E-state index in [1.165, 1.54) is 0 Å². The molecule has 3 saturated heterocycles. The fraction of sp³-hybridized carbons (Fsp3) is 0.643. The van der Waals surface area contributed by atoms with Gasteiger partial charge in [0.1, 0.15) is 5.82 Å². The second-order valence-corrected chi connectivity index (χ2v) is 11.8. The second-order valence-electron chi connectivity index (χ2n) is 11.4. The summed E-state index contributed by atoms with van der Waals surface area (Å²) in [5.74, 6) is 2.26. The molecule has 36 heavy (non-hydrogen) atoms. The molecule has 1 aromatic heterocycles. The summed E-state index contributed by atoms with van der Waals surface area (Å²) in [5.41, 5.74) is 0.852. The number of aromatic nitrogens is 1. The molecule has 8 heteroatoms. The van der Waals surface area contributed by atoms with Gasteiger partial charge in [-0.3, -0.25) is 9.69 Å². The van der Waals surface area contributed by atoms with Gasteiger partial charge in [-0.15, -0.1) is 0 Å². The number of nitrogens with one attached hydrogen (secondary N) is 1. The number of aliphatic hydroxyl groups is 1. The summed E-state index contributed by atoms with van der Waals surface area (Å²) in [6.07, 6.45) is 6.44. The van der Waals surface area contributed by atoms with Gasteiger partial charge < -0.3 is 19.9 Å². The van der Waals surface area contributed by atoms with Crippen molar-refractivity contribution in [3.63, 3.8) is 0 Å². The van der Waals surface area contributed by atoms with Crippen LogP contribution in [0.4, 0.5) is 5.82 Å². The molecule has 3 aliphatic heterocycles. The monoisotopic (exact) mass is 513 g/mol. The van der Waals surface area contributed by atoms with Gasteiger partial charge in [0.25, 0.3) is 0 Å². The lowest BCUT2D eigenvalue weighted by Gasteiger charge is -2.43. The zero-order valence-corrected chi connectivity index (χ0v) is 21.7. The van der Waals surface area contributed by atoms with Gasteiger partial charge in [0, 0.05) is 35.7 Å². The molecule has 4 atom stereocenters. The number of anilines is 1. The summed E-state index contributed by atoms with van der Waals surface area (Å²) in [5, 5.41) is 16.3. The molecule has 194 valence electrons. The van der Waals surface area contributed by atoms with Crippen molar-refractivity contribution in [2.45, 2.75) is 56.6 Å². The fourth-order valence-electron chi connectivity index (χ4n) is 6.62. The second kappa shape index (κ2) is 9.84. The minimum absolute atomic E-state index is 0.0893. The maximum absolute atomic E-state index is 12.9. The van der Waals surface area contributed by atoms with Crippen molar-refractivity contribution in [3.8, 4) is 0 Å². The molecule has 4 fully saturated rings. The van der Waals surface area contributed by atoms with Crippen LogP contribution in [0.1, 0.15) is 50.5 Å². The quantitative estimate of drug-likeness (QED) is 0.623. The third-order valence-corrected chi connectivity index (χ3v) is 9.51. The average Bonchev–Trinajstić information content (AvgIpc) is 3.63. The Labute approximate surface area is 217 Å². The molecular formula is C28H36ClN3O4. The van der Waals surface area contributed by atoms with Crippen LogP contribution in [0.2, 0.25) is 5.02 Å². The molecule has 4 heterocycles. The van der Waals surface area contributed by atoms with Crippen molar-refractivity contribution in [1.29, 1.82) is 0 Å². The van der Waals surface area contributed by atoms with E-state index in [0.717, 1.165) is 79.8 Å². The number of nitrogens with zero attached hydrogens (tertiary/aromatic N) is 2. The number of amides is 1. The third-order valence-electron chi connectivity index (χ3n) is 9.18. The minimum Gasteiger partial charge on any atom is -0.389 e. The van der Waals surface area contributed by atoms with Crippen LogP contribution in [-0.4, -0.2) is 72.1 Å². The highest BCUT2D eigenvalue weighted by Gasteiger charge is 2.48. The fourth-order valence-corrected chi connectivity index (χ4v) is 6.95. The Morgan fingerprint density at radius 1 is 1.14 bits per heavy atom. The van der Waals surface area contributed by atoms with Crippen LogP contribution in [0, 0.1) is 17.8 Å². The maximum Gasteiger partial charge on any atom is 0.228 e. The predicted molar refractivity (Wildman–Crippen MR) is 139 cm³/mol. The molecule has 2 aromatic rings. The Balaban J connectivity index is 1.13.